The van der Waals surface area contributed by atoms with E-state index in [1.165, 1.54) is 11.4 Å². The highest BCUT2D eigenvalue weighted by Crippen LogP contribution is 2.24. The van der Waals surface area contributed by atoms with Crippen LogP contribution in [-0.2, 0) is 0 Å². The highest BCUT2D eigenvalue weighted by atomic mass is 32.1. The summed E-state index contributed by atoms with van der Waals surface area (Å²) in [4.78, 5) is 26.7. The summed E-state index contributed by atoms with van der Waals surface area (Å²) in [5.41, 5.74) is 16.1. The van der Waals surface area contributed by atoms with Crippen LogP contribution in [-0.4, -0.2) is 11.9 Å². The molecule has 0 aromatic carbocycles. The lowest BCUT2D eigenvalue weighted by molar-refractivity contribution is 0.100. The molecule has 0 aliphatic carbocycles. The van der Waals surface area contributed by atoms with Crippen molar-refractivity contribution in [3.05, 3.63) is 37.9 Å². The van der Waals surface area contributed by atoms with E-state index in [1.54, 1.807) is 0 Å². The average Bonchev–Trinajstić information content (AvgIpc) is 2.66. The van der Waals surface area contributed by atoms with Crippen molar-refractivity contribution in [1.29, 1.82) is 0 Å². The van der Waals surface area contributed by atoms with Crippen LogP contribution in [0.3, 0.4) is 0 Å². The zero-order valence-electron chi connectivity index (χ0n) is 7.56. The molecule has 16 heavy (non-hydrogen) atoms. The van der Waals surface area contributed by atoms with Crippen molar-refractivity contribution in [3.8, 4) is 0 Å². The van der Waals surface area contributed by atoms with Gasteiger partial charge in [-0.3, -0.25) is 9.59 Å². The number of urea groups is 1. The first-order chi connectivity index (χ1) is 7.69. The molecule has 0 atom stereocenters. The molecule has 1 aromatic rings. The minimum atomic E-state index is -0.945. The average molecular weight is 237 g/mol. The van der Waals surface area contributed by atoms with Crippen LogP contribution in [0.15, 0.2) is 21.7 Å². The molecule has 1 aromatic heterocycles. The van der Waals surface area contributed by atoms with Gasteiger partial charge in [0.05, 0.1) is 5.56 Å². The Morgan fingerprint density at radius 3 is 2.62 bits per heavy atom. The first kappa shape index (κ1) is 11.5. The molecule has 0 bridgehead atoms. The van der Waals surface area contributed by atoms with E-state index >= 15 is 0 Å². The summed E-state index contributed by atoms with van der Waals surface area (Å²) < 4.78 is 0. The Labute approximate surface area is 91.9 Å². The Hall–Kier alpha value is -2.54. The monoisotopic (exact) mass is 237 g/mol. The molecular weight excluding hydrogens is 234 g/mol. The van der Waals surface area contributed by atoms with Gasteiger partial charge in [0.15, 0.2) is 0 Å². The summed E-state index contributed by atoms with van der Waals surface area (Å²) in [6.45, 7) is 0. The predicted octanol–water partition coefficient (Wildman–Crippen LogP) is 3.04. The summed E-state index contributed by atoms with van der Waals surface area (Å²) in [5, 5.41) is 9.51. The number of nitrogens with zero attached hydrogens (tertiary/aromatic N) is 6. The van der Waals surface area contributed by atoms with E-state index in [-0.39, 0.29) is 10.6 Å². The molecule has 0 fully saturated rings. The zero-order chi connectivity index (χ0) is 12.0. The quantitative estimate of drug-likeness (QED) is 0.478. The SMILES string of the molecule is [N-]=[N+]=NC(=O)Nc1sccc1C(=O)N=[N+]=[N-]. The minimum Gasteiger partial charge on any atom is -0.311 e. The fourth-order valence-corrected chi connectivity index (χ4v) is 1.60. The van der Waals surface area contributed by atoms with Crippen molar-refractivity contribution >= 4 is 28.3 Å². The number of carbonyl (C=O) groups excluding carboxylic acids is 2. The number of thiophene rings is 1. The lowest BCUT2D eigenvalue weighted by Crippen LogP contribution is -2.06. The number of carbonyl (C=O) groups is 2. The largest absolute Gasteiger partial charge is 0.313 e. The van der Waals surface area contributed by atoms with E-state index < -0.39 is 11.9 Å². The number of azide groups is 2. The van der Waals surface area contributed by atoms with Gasteiger partial charge in [-0.05, 0) is 27.6 Å². The summed E-state index contributed by atoms with van der Waals surface area (Å²) in [6, 6.07) is 0.438. The van der Waals surface area contributed by atoms with E-state index in [9.17, 15) is 9.59 Å². The molecule has 1 heterocycles. The fraction of sp³-hybridized carbons (Fsp3) is 0. The van der Waals surface area contributed by atoms with Gasteiger partial charge in [-0.2, -0.15) is 0 Å². The third-order valence-corrected chi connectivity index (χ3v) is 2.22. The maximum Gasteiger partial charge on any atom is 0.313 e. The van der Waals surface area contributed by atoms with Crippen molar-refractivity contribution in [2.24, 2.45) is 10.2 Å². The lowest BCUT2D eigenvalue weighted by Gasteiger charge is -1.98. The van der Waals surface area contributed by atoms with Gasteiger partial charge in [0.1, 0.15) is 5.00 Å². The van der Waals surface area contributed by atoms with Crippen molar-refractivity contribution < 1.29 is 9.59 Å². The molecule has 1 N–H and O–H groups in total. The lowest BCUT2D eigenvalue weighted by atomic mass is 10.3. The molecule has 0 spiro atoms. The maximum absolute atomic E-state index is 11.2. The van der Waals surface area contributed by atoms with Gasteiger partial charge in [0.25, 0.3) is 5.91 Å². The van der Waals surface area contributed by atoms with Gasteiger partial charge in [-0.15, -0.1) is 11.3 Å². The smallest absolute Gasteiger partial charge is 0.311 e. The minimum absolute atomic E-state index is 0.0456. The third kappa shape index (κ3) is 2.72. The Bertz CT molecular complexity index is 523. The summed E-state index contributed by atoms with van der Waals surface area (Å²) in [7, 11) is 0. The molecule has 3 amide bonds. The first-order valence-electron chi connectivity index (χ1n) is 3.72. The second kappa shape index (κ2) is 5.37. The summed E-state index contributed by atoms with van der Waals surface area (Å²) in [6.07, 6.45) is 0. The molecular formula is C6H3N7O2S. The first-order valence-corrected chi connectivity index (χ1v) is 4.60. The van der Waals surface area contributed by atoms with Gasteiger partial charge in [0, 0.05) is 14.9 Å². The highest BCUT2D eigenvalue weighted by Gasteiger charge is 2.12. The van der Waals surface area contributed by atoms with Crippen LogP contribution in [0.1, 0.15) is 10.4 Å². The van der Waals surface area contributed by atoms with Gasteiger partial charge < -0.3 is 5.32 Å². The van der Waals surface area contributed by atoms with Crippen LogP contribution in [0.2, 0.25) is 0 Å². The topological polar surface area (TPSA) is 144 Å². The van der Waals surface area contributed by atoms with Crippen LogP contribution in [0.25, 0.3) is 20.9 Å². The molecule has 0 aliphatic heterocycles. The molecule has 0 unspecified atom stereocenters. The van der Waals surface area contributed by atoms with E-state index in [4.69, 9.17) is 11.1 Å². The van der Waals surface area contributed by atoms with Crippen LogP contribution < -0.4 is 5.32 Å². The van der Waals surface area contributed by atoms with E-state index in [0.29, 0.717) is 0 Å². The zero-order valence-corrected chi connectivity index (χ0v) is 8.38. The standard InChI is InChI=1S/C6H3N7O2S/c7-12-10-4(14)3-1-2-16-5(3)9-6(15)11-13-8/h1-2H,(H,9,15). The Morgan fingerprint density at radius 1 is 1.31 bits per heavy atom. The van der Waals surface area contributed by atoms with Crippen LogP contribution in [0.4, 0.5) is 9.80 Å². The van der Waals surface area contributed by atoms with Gasteiger partial charge in [0.2, 0.25) is 0 Å². The Morgan fingerprint density at radius 2 is 2.00 bits per heavy atom. The Kier molecular flexibility index (Phi) is 3.87. The summed E-state index contributed by atoms with van der Waals surface area (Å²) in [5.74, 6) is -0.819. The third-order valence-electron chi connectivity index (χ3n) is 1.39. The normalized spacial score (nSPS) is 8.50. The van der Waals surface area contributed by atoms with Crippen LogP contribution >= 0.6 is 11.3 Å². The van der Waals surface area contributed by atoms with E-state index in [1.807, 2.05) is 0 Å². The van der Waals surface area contributed by atoms with Crippen molar-refractivity contribution in [1.82, 2.24) is 0 Å². The van der Waals surface area contributed by atoms with E-state index in [2.05, 4.69) is 25.4 Å². The van der Waals surface area contributed by atoms with E-state index in [0.717, 1.165) is 11.3 Å². The van der Waals surface area contributed by atoms with Crippen molar-refractivity contribution in [2.75, 3.05) is 5.32 Å². The molecule has 1 rings (SSSR count). The fourth-order valence-electron chi connectivity index (χ4n) is 0.832. The number of hydrogen-bond donors (Lipinski definition) is 1. The number of amides is 3. The van der Waals surface area contributed by atoms with Crippen molar-refractivity contribution in [3.63, 3.8) is 0 Å². The molecule has 10 heteroatoms. The second-order valence-corrected chi connectivity index (χ2v) is 3.19. The summed E-state index contributed by atoms with van der Waals surface area (Å²) >= 11 is 1.04. The van der Waals surface area contributed by atoms with Gasteiger partial charge >= 0.3 is 6.03 Å². The van der Waals surface area contributed by atoms with Crippen LogP contribution in [0, 0.1) is 0 Å². The van der Waals surface area contributed by atoms with Gasteiger partial charge in [-0.25, -0.2) is 0 Å². The van der Waals surface area contributed by atoms with Crippen molar-refractivity contribution in [2.45, 2.75) is 0 Å². The molecule has 0 aliphatic rings. The number of nitrogens with one attached hydrogen (secondary N) is 1. The maximum atomic E-state index is 11.2. The number of anilines is 1. The Balaban J connectivity index is 2.94. The highest BCUT2D eigenvalue weighted by molar-refractivity contribution is 7.14. The number of hydrogen-bond acceptors (Lipinski definition) is 3. The molecule has 0 saturated carbocycles. The molecule has 0 saturated heterocycles. The predicted molar refractivity (Wildman–Crippen MR) is 56.0 cm³/mol. The molecule has 0 radical (unpaired) electrons. The second-order valence-electron chi connectivity index (χ2n) is 2.28. The number of rotatable bonds is 2. The molecule has 80 valence electrons. The molecule has 9 nitrogen and oxygen atoms in total. The van der Waals surface area contributed by atoms with Crippen LogP contribution in [0.5, 0.6) is 0 Å². The van der Waals surface area contributed by atoms with Gasteiger partial charge in [-0.1, -0.05) is 0 Å².